The molecule has 1 amide bonds. The van der Waals surface area contributed by atoms with E-state index in [4.69, 9.17) is 4.74 Å². The molecule has 8 heteroatoms. The third kappa shape index (κ3) is 5.93. The SMILES string of the molecule is CCN1CCN(C(=O)COc2ccc(S(=O)(=O)NC3CCCCC3)cc2C)CC1. The molecule has 1 aliphatic carbocycles. The predicted molar refractivity (Wildman–Crippen MR) is 113 cm³/mol. The molecule has 0 aromatic heterocycles. The smallest absolute Gasteiger partial charge is 0.260 e. The van der Waals surface area contributed by atoms with Crippen LogP contribution in [0.3, 0.4) is 0 Å². The van der Waals surface area contributed by atoms with E-state index >= 15 is 0 Å². The topological polar surface area (TPSA) is 79.0 Å². The second-order valence-corrected chi connectivity index (χ2v) is 9.70. The lowest BCUT2D eigenvalue weighted by molar-refractivity contribution is -0.135. The van der Waals surface area contributed by atoms with Crippen molar-refractivity contribution in [2.75, 3.05) is 39.3 Å². The third-order valence-corrected chi connectivity index (χ3v) is 7.43. The number of rotatable bonds is 7. The number of hydrogen-bond acceptors (Lipinski definition) is 5. The number of benzene rings is 1. The van der Waals surface area contributed by atoms with E-state index < -0.39 is 10.0 Å². The van der Waals surface area contributed by atoms with Gasteiger partial charge in [0.25, 0.3) is 5.91 Å². The summed E-state index contributed by atoms with van der Waals surface area (Å²) < 4.78 is 33.9. The van der Waals surface area contributed by atoms with E-state index in [9.17, 15) is 13.2 Å². The van der Waals surface area contributed by atoms with Gasteiger partial charge in [0.15, 0.2) is 6.61 Å². The highest BCUT2D eigenvalue weighted by Gasteiger charge is 2.23. The lowest BCUT2D eigenvalue weighted by Gasteiger charge is -2.34. The normalized spacial score (nSPS) is 19.3. The Labute approximate surface area is 174 Å². The highest BCUT2D eigenvalue weighted by Crippen LogP contribution is 2.24. The van der Waals surface area contributed by atoms with Gasteiger partial charge in [-0.25, -0.2) is 13.1 Å². The van der Waals surface area contributed by atoms with E-state index in [1.807, 2.05) is 4.90 Å². The number of nitrogens with zero attached hydrogens (tertiary/aromatic N) is 2. The van der Waals surface area contributed by atoms with Gasteiger partial charge in [0.1, 0.15) is 5.75 Å². The first-order valence-corrected chi connectivity index (χ1v) is 12.1. The largest absolute Gasteiger partial charge is 0.483 e. The number of amides is 1. The maximum absolute atomic E-state index is 12.7. The van der Waals surface area contributed by atoms with Crippen molar-refractivity contribution in [2.24, 2.45) is 0 Å². The molecule has 0 spiro atoms. The van der Waals surface area contributed by atoms with Crippen molar-refractivity contribution in [2.45, 2.75) is 56.9 Å². The monoisotopic (exact) mass is 423 g/mol. The average molecular weight is 424 g/mol. The minimum atomic E-state index is -3.54. The summed E-state index contributed by atoms with van der Waals surface area (Å²) >= 11 is 0. The van der Waals surface area contributed by atoms with Crippen LogP contribution in [-0.2, 0) is 14.8 Å². The number of carbonyl (C=O) groups excluding carboxylic acids is 1. The zero-order valence-corrected chi connectivity index (χ0v) is 18.3. The molecule has 29 heavy (non-hydrogen) atoms. The molecule has 3 rings (SSSR count). The Hall–Kier alpha value is -1.64. The van der Waals surface area contributed by atoms with Crippen LogP contribution in [0.1, 0.15) is 44.6 Å². The van der Waals surface area contributed by atoms with Gasteiger partial charge in [-0.15, -0.1) is 0 Å². The van der Waals surface area contributed by atoms with E-state index in [-0.39, 0.29) is 23.5 Å². The molecule has 0 radical (unpaired) electrons. The van der Waals surface area contributed by atoms with Crippen molar-refractivity contribution in [1.29, 1.82) is 0 Å². The van der Waals surface area contributed by atoms with Crippen LogP contribution < -0.4 is 9.46 Å². The third-order valence-electron chi connectivity index (χ3n) is 5.91. The van der Waals surface area contributed by atoms with Gasteiger partial charge < -0.3 is 14.5 Å². The lowest BCUT2D eigenvalue weighted by Crippen LogP contribution is -2.49. The predicted octanol–water partition coefficient (Wildman–Crippen LogP) is 2.15. The molecule has 0 atom stereocenters. The first-order chi connectivity index (χ1) is 13.9. The molecule has 1 N–H and O–H groups in total. The van der Waals surface area contributed by atoms with Crippen molar-refractivity contribution in [3.63, 3.8) is 0 Å². The molecule has 1 aromatic carbocycles. The second kappa shape index (κ2) is 9.91. The standard InChI is InChI=1S/C21H33N3O4S/c1-3-23-11-13-24(14-12-23)21(25)16-28-20-10-9-19(15-17(20)2)29(26,27)22-18-7-5-4-6-8-18/h9-10,15,18,22H,3-8,11-14,16H2,1-2H3. The minimum Gasteiger partial charge on any atom is -0.483 e. The Morgan fingerprint density at radius 1 is 1.14 bits per heavy atom. The summed E-state index contributed by atoms with van der Waals surface area (Å²) in [5.74, 6) is 0.512. The Balaban J connectivity index is 1.55. The number of hydrogen-bond donors (Lipinski definition) is 1. The van der Waals surface area contributed by atoms with Crippen molar-refractivity contribution in [1.82, 2.24) is 14.5 Å². The number of nitrogens with one attached hydrogen (secondary N) is 1. The number of ether oxygens (including phenoxy) is 1. The van der Waals surface area contributed by atoms with Crippen LogP contribution in [0.2, 0.25) is 0 Å². The molecular weight excluding hydrogens is 390 g/mol. The molecule has 162 valence electrons. The highest BCUT2D eigenvalue weighted by molar-refractivity contribution is 7.89. The van der Waals surface area contributed by atoms with E-state index in [2.05, 4.69) is 16.5 Å². The van der Waals surface area contributed by atoms with Crippen molar-refractivity contribution >= 4 is 15.9 Å². The van der Waals surface area contributed by atoms with E-state index in [0.29, 0.717) is 11.3 Å². The molecule has 2 aliphatic rings. The van der Waals surface area contributed by atoms with Crippen molar-refractivity contribution in [3.05, 3.63) is 23.8 Å². The Bertz CT molecular complexity index is 798. The zero-order chi connectivity index (χ0) is 20.9. The minimum absolute atomic E-state index is 0.0239. The van der Waals surface area contributed by atoms with Gasteiger partial charge in [-0.1, -0.05) is 26.2 Å². The summed E-state index contributed by atoms with van der Waals surface area (Å²) in [4.78, 5) is 16.8. The Kier molecular flexibility index (Phi) is 7.54. The molecule has 7 nitrogen and oxygen atoms in total. The van der Waals surface area contributed by atoms with Crippen LogP contribution >= 0.6 is 0 Å². The highest BCUT2D eigenvalue weighted by atomic mass is 32.2. The fourth-order valence-corrected chi connectivity index (χ4v) is 5.39. The number of carbonyl (C=O) groups is 1. The quantitative estimate of drug-likeness (QED) is 0.727. The van der Waals surface area contributed by atoms with Crippen molar-refractivity contribution < 1.29 is 17.9 Å². The number of sulfonamides is 1. The molecule has 1 saturated heterocycles. The van der Waals surface area contributed by atoms with Crippen LogP contribution in [0, 0.1) is 6.92 Å². The molecule has 0 unspecified atom stereocenters. The first-order valence-electron chi connectivity index (χ1n) is 10.6. The Morgan fingerprint density at radius 3 is 2.45 bits per heavy atom. The van der Waals surface area contributed by atoms with Gasteiger partial charge in [0.05, 0.1) is 4.90 Å². The summed E-state index contributed by atoms with van der Waals surface area (Å²) in [5.41, 5.74) is 0.708. The van der Waals surface area contributed by atoms with Gasteiger partial charge >= 0.3 is 0 Å². The molecule has 1 heterocycles. The summed E-state index contributed by atoms with van der Waals surface area (Å²) in [7, 11) is -3.54. The van der Waals surface area contributed by atoms with Gasteiger partial charge in [-0.05, 0) is 50.1 Å². The summed E-state index contributed by atoms with van der Waals surface area (Å²) in [5, 5.41) is 0. The number of likely N-dealkylation sites (N-methyl/N-ethyl adjacent to an activating group) is 1. The van der Waals surface area contributed by atoms with Crippen LogP contribution in [0.25, 0.3) is 0 Å². The lowest BCUT2D eigenvalue weighted by atomic mass is 9.96. The summed E-state index contributed by atoms with van der Waals surface area (Å²) in [6.07, 6.45) is 5.11. The summed E-state index contributed by atoms with van der Waals surface area (Å²) in [6.45, 7) is 8.13. The van der Waals surface area contributed by atoms with E-state index in [1.54, 1.807) is 25.1 Å². The van der Waals surface area contributed by atoms with Gasteiger partial charge in [-0.3, -0.25) is 4.79 Å². The fourth-order valence-electron chi connectivity index (χ4n) is 4.00. The van der Waals surface area contributed by atoms with Crippen LogP contribution in [0.4, 0.5) is 0 Å². The van der Waals surface area contributed by atoms with Crippen LogP contribution in [-0.4, -0.2) is 69.5 Å². The van der Waals surface area contributed by atoms with E-state index in [0.717, 1.165) is 58.4 Å². The molecular formula is C21H33N3O4S. The zero-order valence-electron chi connectivity index (χ0n) is 17.5. The molecule has 0 bridgehead atoms. The maximum atomic E-state index is 12.7. The van der Waals surface area contributed by atoms with Gasteiger partial charge in [0.2, 0.25) is 10.0 Å². The first kappa shape index (κ1) is 22.1. The second-order valence-electron chi connectivity index (χ2n) is 7.99. The number of piperazine rings is 1. The van der Waals surface area contributed by atoms with Gasteiger partial charge in [-0.2, -0.15) is 0 Å². The summed E-state index contributed by atoms with van der Waals surface area (Å²) in [6, 6.07) is 4.84. The average Bonchev–Trinajstić information content (AvgIpc) is 2.73. The van der Waals surface area contributed by atoms with Crippen LogP contribution in [0.15, 0.2) is 23.1 Å². The maximum Gasteiger partial charge on any atom is 0.260 e. The number of aryl methyl sites for hydroxylation is 1. The van der Waals surface area contributed by atoms with Gasteiger partial charge in [0, 0.05) is 32.2 Å². The van der Waals surface area contributed by atoms with E-state index in [1.165, 1.54) is 6.42 Å². The molecule has 1 aromatic rings. The Morgan fingerprint density at radius 2 is 1.83 bits per heavy atom. The molecule has 1 aliphatic heterocycles. The van der Waals surface area contributed by atoms with Crippen molar-refractivity contribution in [3.8, 4) is 5.75 Å². The molecule has 1 saturated carbocycles. The molecule has 2 fully saturated rings. The fraction of sp³-hybridized carbons (Fsp3) is 0.667. The van der Waals surface area contributed by atoms with Crippen LogP contribution in [0.5, 0.6) is 5.75 Å².